The Hall–Kier alpha value is -0.540. The van der Waals surface area contributed by atoms with Gasteiger partial charge in [0.05, 0.1) is 0 Å². The van der Waals surface area contributed by atoms with E-state index in [0.29, 0.717) is 5.75 Å². The topological polar surface area (TPSA) is 32.3 Å². The zero-order valence-corrected chi connectivity index (χ0v) is 9.48. The highest BCUT2D eigenvalue weighted by atomic mass is 79.9. The highest BCUT2D eigenvalue weighted by Crippen LogP contribution is 2.26. The summed E-state index contributed by atoms with van der Waals surface area (Å²) in [4.78, 5) is 0. The summed E-state index contributed by atoms with van der Waals surface area (Å²) in [7, 11) is 1.92. The van der Waals surface area contributed by atoms with Gasteiger partial charge in [0.25, 0.3) is 0 Å². The van der Waals surface area contributed by atoms with Crippen molar-refractivity contribution in [3.05, 3.63) is 27.7 Å². The van der Waals surface area contributed by atoms with Crippen molar-refractivity contribution in [1.29, 1.82) is 0 Å². The molecule has 2 nitrogen and oxygen atoms in total. The molecule has 3 heteroatoms. The van der Waals surface area contributed by atoms with E-state index in [-0.39, 0.29) is 0 Å². The molecule has 13 heavy (non-hydrogen) atoms. The van der Waals surface area contributed by atoms with Crippen molar-refractivity contribution in [2.75, 3.05) is 13.6 Å². The van der Waals surface area contributed by atoms with Gasteiger partial charge in [-0.05, 0) is 50.2 Å². The third-order valence-corrected chi connectivity index (χ3v) is 3.09. The first-order chi connectivity index (χ1) is 6.15. The number of phenolic OH excluding ortho intramolecular Hbond substituents is 1. The molecule has 0 spiro atoms. The number of hydrogen-bond acceptors (Lipinski definition) is 2. The van der Waals surface area contributed by atoms with Gasteiger partial charge in [-0.2, -0.15) is 0 Å². The van der Waals surface area contributed by atoms with E-state index in [1.54, 1.807) is 12.1 Å². The zero-order chi connectivity index (χ0) is 9.84. The molecule has 72 valence electrons. The van der Waals surface area contributed by atoms with Crippen molar-refractivity contribution >= 4 is 15.9 Å². The normalized spacial score (nSPS) is 10.4. The van der Waals surface area contributed by atoms with E-state index >= 15 is 0 Å². The maximum Gasteiger partial charge on any atom is 0.116 e. The molecule has 0 saturated carbocycles. The van der Waals surface area contributed by atoms with Gasteiger partial charge in [0.15, 0.2) is 0 Å². The van der Waals surface area contributed by atoms with Crippen LogP contribution in [-0.2, 0) is 6.42 Å². The maximum absolute atomic E-state index is 9.38. The molecule has 0 saturated heterocycles. The number of hydrogen-bond donors (Lipinski definition) is 2. The smallest absolute Gasteiger partial charge is 0.116 e. The number of aryl methyl sites for hydroxylation is 1. The van der Waals surface area contributed by atoms with Crippen molar-refractivity contribution in [2.24, 2.45) is 0 Å². The summed E-state index contributed by atoms with van der Waals surface area (Å²) in [6.45, 7) is 2.90. The standard InChI is InChI=1S/C10H14BrNO/c1-7-5-9(13)6-8(10(7)11)3-4-12-2/h5-6,12-13H,3-4H2,1-2H3. The number of phenols is 1. The maximum atomic E-state index is 9.38. The summed E-state index contributed by atoms with van der Waals surface area (Å²) in [6, 6.07) is 3.56. The first kappa shape index (κ1) is 10.5. The zero-order valence-electron chi connectivity index (χ0n) is 7.89. The van der Waals surface area contributed by atoms with Crippen LogP contribution in [0.2, 0.25) is 0 Å². The van der Waals surface area contributed by atoms with Gasteiger partial charge in [0.1, 0.15) is 5.75 Å². The molecule has 0 aliphatic rings. The molecule has 0 aliphatic carbocycles. The van der Waals surface area contributed by atoms with Crippen LogP contribution in [0.25, 0.3) is 0 Å². The van der Waals surface area contributed by atoms with Crippen LogP contribution in [0.15, 0.2) is 16.6 Å². The van der Waals surface area contributed by atoms with Crippen LogP contribution in [0.3, 0.4) is 0 Å². The highest BCUT2D eigenvalue weighted by Gasteiger charge is 2.04. The number of likely N-dealkylation sites (N-methyl/N-ethyl adjacent to an activating group) is 1. The van der Waals surface area contributed by atoms with Crippen molar-refractivity contribution in [1.82, 2.24) is 5.32 Å². The lowest BCUT2D eigenvalue weighted by atomic mass is 10.1. The second-order valence-corrected chi connectivity index (χ2v) is 3.88. The van der Waals surface area contributed by atoms with Crippen LogP contribution in [0.4, 0.5) is 0 Å². The Labute approximate surface area is 87.1 Å². The van der Waals surface area contributed by atoms with Crippen molar-refractivity contribution < 1.29 is 5.11 Å². The lowest BCUT2D eigenvalue weighted by Crippen LogP contribution is -2.10. The lowest BCUT2D eigenvalue weighted by Gasteiger charge is -2.07. The molecule has 0 unspecified atom stereocenters. The molecule has 0 bridgehead atoms. The molecule has 0 heterocycles. The summed E-state index contributed by atoms with van der Waals surface area (Å²) in [5.74, 6) is 0.340. The molecule has 0 amide bonds. The average Bonchev–Trinajstić information content (AvgIpc) is 2.09. The van der Waals surface area contributed by atoms with Gasteiger partial charge in [-0.1, -0.05) is 15.9 Å². The largest absolute Gasteiger partial charge is 0.508 e. The molecule has 2 N–H and O–H groups in total. The number of nitrogens with one attached hydrogen (secondary N) is 1. The van der Waals surface area contributed by atoms with Crippen molar-refractivity contribution in [2.45, 2.75) is 13.3 Å². The van der Waals surface area contributed by atoms with E-state index in [4.69, 9.17) is 0 Å². The Morgan fingerprint density at radius 3 is 2.77 bits per heavy atom. The molecule has 0 atom stereocenters. The fraction of sp³-hybridized carbons (Fsp3) is 0.400. The minimum Gasteiger partial charge on any atom is -0.508 e. The fourth-order valence-corrected chi connectivity index (χ4v) is 1.69. The van der Waals surface area contributed by atoms with Crippen LogP contribution in [0, 0.1) is 6.92 Å². The summed E-state index contributed by atoms with van der Waals surface area (Å²) >= 11 is 3.51. The Bertz CT molecular complexity index is 299. The van der Waals surface area contributed by atoms with Crippen molar-refractivity contribution in [3.8, 4) is 5.75 Å². The molecule has 0 aliphatic heterocycles. The van der Waals surface area contributed by atoms with E-state index in [1.807, 2.05) is 14.0 Å². The fourth-order valence-electron chi connectivity index (χ4n) is 1.26. The minimum absolute atomic E-state index is 0.340. The minimum atomic E-state index is 0.340. The molecule has 1 aromatic carbocycles. The molecule has 1 rings (SSSR count). The third kappa shape index (κ3) is 2.71. The lowest BCUT2D eigenvalue weighted by molar-refractivity contribution is 0.474. The second kappa shape index (κ2) is 4.63. The third-order valence-electron chi connectivity index (χ3n) is 1.96. The molecule has 0 radical (unpaired) electrons. The summed E-state index contributed by atoms with van der Waals surface area (Å²) < 4.78 is 1.10. The van der Waals surface area contributed by atoms with Gasteiger partial charge in [-0.3, -0.25) is 0 Å². The Morgan fingerprint density at radius 1 is 1.46 bits per heavy atom. The number of benzene rings is 1. The highest BCUT2D eigenvalue weighted by molar-refractivity contribution is 9.10. The van der Waals surface area contributed by atoms with E-state index in [2.05, 4.69) is 21.2 Å². The molecular formula is C10H14BrNO. The van der Waals surface area contributed by atoms with Gasteiger partial charge in [-0.15, -0.1) is 0 Å². The monoisotopic (exact) mass is 243 g/mol. The molecule has 1 aromatic rings. The molecule has 0 fully saturated rings. The summed E-state index contributed by atoms with van der Waals surface area (Å²) in [6.07, 6.45) is 0.923. The Kier molecular flexibility index (Phi) is 3.75. The second-order valence-electron chi connectivity index (χ2n) is 3.09. The van der Waals surface area contributed by atoms with E-state index in [0.717, 1.165) is 28.6 Å². The van der Waals surface area contributed by atoms with Gasteiger partial charge in [-0.25, -0.2) is 0 Å². The number of aromatic hydroxyl groups is 1. The van der Waals surface area contributed by atoms with Crippen LogP contribution < -0.4 is 5.32 Å². The number of rotatable bonds is 3. The predicted octanol–water partition coefficient (Wildman–Crippen LogP) is 2.23. The van der Waals surface area contributed by atoms with E-state index in [9.17, 15) is 5.11 Å². The van der Waals surface area contributed by atoms with Crippen LogP contribution in [0.5, 0.6) is 5.75 Å². The SMILES string of the molecule is CNCCc1cc(O)cc(C)c1Br. The average molecular weight is 244 g/mol. The van der Waals surface area contributed by atoms with Crippen molar-refractivity contribution in [3.63, 3.8) is 0 Å². The van der Waals surface area contributed by atoms with Crippen LogP contribution >= 0.6 is 15.9 Å². The molecule has 0 aromatic heterocycles. The first-order valence-corrected chi connectivity index (χ1v) is 5.07. The predicted molar refractivity (Wildman–Crippen MR) is 58.2 cm³/mol. The van der Waals surface area contributed by atoms with Gasteiger partial charge < -0.3 is 10.4 Å². The van der Waals surface area contributed by atoms with Gasteiger partial charge >= 0.3 is 0 Å². The molecular weight excluding hydrogens is 230 g/mol. The van der Waals surface area contributed by atoms with Crippen LogP contribution in [-0.4, -0.2) is 18.7 Å². The number of halogens is 1. The van der Waals surface area contributed by atoms with E-state index in [1.165, 1.54) is 0 Å². The van der Waals surface area contributed by atoms with Crippen LogP contribution in [0.1, 0.15) is 11.1 Å². The Morgan fingerprint density at radius 2 is 2.15 bits per heavy atom. The quantitative estimate of drug-likeness (QED) is 0.854. The van der Waals surface area contributed by atoms with Gasteiger partial charge in [0.2, 0.25) is 0 Å². The summed E-state index contributed by atoms with van der Waals surface area (Å²) in [5, 5.41) is 12.5. The van der Waals surface area contributed by atoms with Gasteiger partial charge in [0, 0.05) is 4.47 Å². The Balaban J connectivity index is 2.92. The summed E-state index contributed by atoms with van der Waals surface area (Å²) in [5.41, 5.74) is 2.22. The first-order valence-electron chi connectivity index (χ1n) is 4.27. The van der Waals surface area contributed by atoms with E-state index < -0.39 is 0 Å².